The smallest absolute Gasteiger partial charge is 0.416 e. The molecule has 1 unspecified atom stereocenters. The molecule has 2 aliphatic rings. The van der Waals surface area contributed by atoms with E-state index >= 15 is 0 Å². The molecule has 2 fully saturated rings. The third-order valence-corrected chi connectivity index (χ3v) is 5.25. The third kappa shape index (κ3) is 3.80. The molecular formula is C18H20F3NO3. The fourth-order valence-electron chi connectivity index (χ4n) is 3.41. The lowest BCUT2D eigenvalue weighted by molar-refractivity contribution is -0.157. The predicted molar refractivity (Wildman–Crippen MR) is 83.6 cm³/mol. The number of halogens is 3. The fourth-order valence-corrected chi connectivity index (χ4v) is 3.41. The first-order chi connectivity index (χ1) is 11.7. The van der Waals surface area contributed by atoms with E-state index in [1.807, 2.05) is 0 Å². The van der Waals surface area contributed by atoms with Gasteiger partial charge in [0.25, 0.3) is 0 Å². The van der Waals surface area contributed by atoms with Gasteiger partial charge in [-0.15, -0.1) is 0 Å². The van der Waals surface area contributed by atoms with E-state index in [0.717, 1.165) is 31.4 Å². The Balaban J connectivity index is 1.74. The van der Waals surface area contributed by atoms with E-state index < -0.39 is 35.1 Å². The number of hydrogen-bond donors (Lipinski definition) is 2. The van der Waals surface area contributed by atoms with Crippen molar-refractivity contribution in [1.29, 1.82) is 0 Å². The van der Waals surface area contributed by atoms with Gasteiger partial charge in [0.15, 0.2) is 0 Å². The van der Waals surface area contributed by atoms with Gasteiger partial charge in [-0.2, -0.15) is 13.2 Å². The summed E-state index contributed by atoms with van der Waals surface area (Å²) in [4.78, 5) is 23.7. The Hall–Kier alpha value is -2.05. The second-order valence-corrected chi connectivity index (χ2v) is 7.12. The molecule has 7 heteroatoms. The summed E-state index contributed by atoms with van der Waals surface area (Å²) in [5.74, 6) is -1.28. The van der Waals surface area contributed by atoms with Crippen LogP contribution in [-0.4, -0.2) is 17.0 Å². The molecule has 4 nitrogen and oxygen atoms in total. The first-order valence-corrected chi connectivity index (χ1v) is 8.41. The number of carbonyl (C=O) groups excluding carboxylic acids is 1. The number of nitrogens with one attached hydrogen (secondary N) is 1. The molecule has 0 radical (unpaired) electrons. The van der Waals surface area contributed by atoms with Crippen molar-refractivity contribution in [3.8, 4) is 0 Å². The first kappa shape index (κ1) is 17.8. The van der Waals surface area contributed by atoms with E-state index in [1.54, 1.807) is 6.07 Å². The second-order valence-electron chi connectivity index (χ2n) is 7.12. The van der Waals surface area contributed by atoms with Gasteiger partial charge in [-0.25, -0.2) is 0 Å². The average molecular weight is 355 g/mol. The molecule has 2 saturated carbocycles. The SMILES string of the molecule is O=C(CC1(C(=O)O)CCC1)NC(c1cccc(C(F)(F)F)c1)C1CC1. The molecule has 0 aliphatic heterocycles. The fraction of sp³-hybridized carbons (Fsp3) is 0.556. The average Bonchev–Trinajstić information content (AvgIpc) is 3.32. The quantitative estimate of drug-likeness (QED) is 0.813. The molecule has 0 spiro atoms. The highest BCUT2D eigenvalue weighted by atomic mass is 19.4. The van der Waals surface area contributed by atoms with Gasteiger partial charge < -0.3 is 10.4 Å². The van der Waals surface area contributed by atoms with Gasteiger partial charge in [-0.3, -0.25) is 9.59 Å². The summed E-state index contributed by atoms with van der Waals surface area (Å²) in [6.45, 7) is 0. The minimum absolute atomic E-state index is 0.106. The van der Waals surface area contributed by atoms with Crippen molar-refractivity contribution in [3.05, 3.63) is 35.4 Å². The number of carboxylic acids is 1. The van der Waals surface area contributed by atoms with Crippen LogP contribution in [0.2, 0.25) is 0 Å². The number of carbonyl (C=O) groups is 2. The maximum Gasteiger partial charge on any atom is 0.416 e. The Morgan fingerprint density at radius 3 is 2.44 bits per heavy atom. The summed E-state index contributed by atoms with van der Waals surface area (Å²) in [5.41, 5.74) is -1.33. The lowest BCUT2D eigenvalue weighted by Crippen LogP contribution is -2.43. The molecular weight excluding hydrogens is 335 g/mol. The van der Waals surface area contributed by atoms with Gasteiger partial charge in [0.2, 0.25) is 5.91 Å². The van der Waals surface area contributed by atoms with Gasteiger partial charge >= 0.3 is 12.1 Å². The Morgan fingerprint density at radius 2 is 1.96 bits per heavy atom. The van der Waals surface area contributed by atoms with Crippen molar-refractivity contribution in [2.24, 2.45) is 11.3 Å². The second kappa shape index (κ2) is 6.35. The molecule has 1 aromatic carbocycles. The van der Waals surface area contributed by atoms with Crippen LogP contribution in [0.4, 0.5) is 13.2 Å². The number of benzene rings is 1. The first-order valence-electron chi connectivity index (χ1n) is 8.41. The van der Waals surface area contributed by atoms with Crippen LogP contribution in [0.5, 0.6) is 0 Å². The third-order valence-electron chi connectivity index (χ3n) is 5.25. The van der Waals surface area contributed by atoms with Crippen LogP contribution in [0.3, 0.4) is 0 Å². The van der Waals surface area contributed by atoms with Crippen LogP contribution in [-0.2, 0) is 15.8 Å². The van der Waals surface area contributed by atoms with Gasteiger partial charge in [-0.05, 0) is 49.3 Å². The van der Waals surface area contributed by atoms with E-state index in [1.165, 1.54) is 6.07 Å². The highest BCUT2D eigenvalue weighted by Crippen LogP contribution is 2.45. The van der Waals surface area contributed by atoms with E-state index in [9.17, 15) is 27.9 Å². The number of hydrogen-bond acceptors (Lipinski definition) is 2. The van der Waals surface area contributed by atoms with Crippen molar-refractivity contribution in [3.63, 3.8) is 0 Å². The lowest BCUT2D eigenvalue weighted by Gasteiger charge is -2.37. The van der Waals surface area contributed by atoms with Crippen LogP contribution in [0.25, 0.3) is 0 Å². The molecule has 0 heterocycles. The summed E-state index contributed by atoms with van der Waals surface area (Å²) in [5, 5.41) is 12.1. The predicted octanol–water partition coefficient (Wildman–Crippen LogP) is 3.92. The summed E-state index contributed by atoms with van der Waals surface area (Å²) >= 11 is 0. The topological polar surface area (TPSA) is 66.4 Å². The van der Waals surface area contributed by atoms with Gasteiger partial charge in [0, 0.05) is 6.42 Å². The largest absolute Gasteiger partial charge is 0.481 e. The van der Waals surface area contributed by atoms with Crippen LogP contribution in [0.15, 0.2) is 24.3 Å². The van der Waals surface area contributed by atoms with Gasteiger partial charge in [0.05, 0.1) is 17.0 Å². The van der Waals surface area contributed by atoms with Crippen LogP contribution >= 0.6 is 0 Å². The van der Waals surface area contributed by atoms with E-state index in [4.69, 9.17) is 0 Å². The molecule has 2 aliphatic carbocycles. The summed E-state index contributed by atoms with van der Waals surface area (Å²) in [7, 11) is 0. The molecule has 25 heavy (non-hydrogen) atoms. The minimum Gasteiger partial charge on any atom is -0.481 e. The zero-order chi connectivity index (χ0) is 18.2. The highest BCUT2D eigenvalue weighted by molar-refractivity contribution is 5.85. The van der Waals surface area contributed by atoms with Crippen molar-refractivity contribution in [1.82, 2.24) is 5.32 Å². The maximum atomic E-state index is 12.9. The number of carboxylic acid groups (broad SMARTS) is 1. The van der Waals surface area contributed by atoms with Crippen LogP contribution < -0.4 is 5.32 Å². The van der Waals surface area contributed by atoms with Crippen LogP contribution in [0.1, 0.15) is 55.7 Å². The lowest BCUT2D eigenvalue weighted by atomic mass is 9.66. The van der Waals surface area contributed by atoms with Crippen molar-refractivity contribution in [2.75, 3.05) is 0 Å². The van der Waals surface area contributed by atoms with Crippen LogP contribution in [0, 0.1) is 11.3 Å². The number of aliphatic carboxylic acids is 1. The molecule has 1 atom stereocenters. The molecule has 2 N–H and O–H groups in total. The summed E-state index contributed by atoms with van der Waals surface area (Å²) in [6.07, 6.45) is -1.17. The number of alkyl halides is 3. The van der Waals surface area contributed by atoms with Crippen molar-refractivity contribution in [2.45, 2.75) is 50.7 Å². The Kier molecular flexibility index (Phi) is 4.51. The number of rotatable bonds is 6. The van der Waals surface area contributed by atoms with Gasteiger partial charge in [-0.1, -0.05) is 18.6 Å². The van der Waals surface area contributed by atoms with E-state index in [-0.39, 0.29) is 12.3 Å². The maximum absolute atomic E-state index is 12.9. The van der Waals surface area contributed by atoms with Gasteiger partial charge in [0.1, 0.15) is 0 Å². The van der Waals surface area contributed by atoms with Crippen molar-refractivity contribution >= 4 is 11.9 Å². The number of amides is 1. The zero-order valence-corrected chi connectivity index (χ0v) is 13.6. The normalized spacial score (nSPS) is 20.4. The molecule has 136 valence electrons. The zero-order valence-electron chi connectivity index (χ0n) is 13.6. The minimum atomic E-state index is -4.44. The Morgan fingerprint density at radius 1 is 1.28 bits per heavy atom. The van der Waals surface area contributed by atoms with E-state index in [0.29, 0.717) is 18.4 Å². The van der Waals surface area contributed by atoms with E-state index in [2.05, 4.69) is 5.32 Å². The molecule has 1 amide bonds. The highest BCUT2D eigenvalue weighted by Gasteiger charge is 2.46. The molecule has 1 aromatic rings. The monoisotopic (exact) mass is 355 g/mol. The summed E-state index contributed by atoms with van der Waals surface area (Å²) in [6, 6.07) is 4.49. The Labute approximate surface area is 143 Å². The molecule has 0 bridgehead atoms. The van der Waals surface area contributed by atoms with Crippen molar-refractivity contribution < 1.29 is 27.9 Å². The molecule has 3 rings (SSSR count). The summed E-state index contributed by atoms with van der Waals surface area (Å²) < 4.78 is 38.8. The molecule has 0 aromatic heterocycles. The molecule has 0 saturated heterocycles. The Bertz CT molecular complexity index is 678. The standard InChI is InChI=1S/C18H20F3NO3/c19-18(20,21)13-4-1-3-12(9-13)15(11-5-6-11)22-14(23)10-17(16(24)25)7-2-8-17/h1,3-4,9,11,15H,2,5-8,10H2,(H,22,23)(H,24,25).